The molecule has 80 valence electrons. The first-order valence-corrected chi connectivity index (χ1v) is 5.83. The van der Waals surface area contributed by atoms with E-state index < -0.39 is 0 Å². The summed E-state index contributed by atoms with van der Waals surface area (Å²) in [6, 6.07) is -0.172. The van der Waals surface area contributed by atoms with E-state index in [-0.39, 0.29) is 18.5 Å². The molecule has 1 unspecified atom stereocenters. The van der Waals surface area contributed by atoms with Crippen LogP contribution in [0.4, 0.5) is 4.79 Å². The maximum absolute atomic E-state index is 11.5. The minimum absolute atomic E-state index is 0.0862. The van der Waals surface area contributed by atoms with Gasteiger partial charge in [0.15, 0.2) is 0 Å². The summed E-state index contributed by atoms with van der Waals surface area (Å²) in [6.45, 7) is 2.81. The lowest BCUT2D eigenvalue weighted by Crippen LogP contribution is -2.36. The highest BCUT2D eigenvalue weighted by molar-refractivity contribution is 9.09. The van der Waals surface area contributed by atoms with Gasteiger partial charge < -0.3 is 4.90 Å². The molecule has 0 spiro atoms. The number of rotatable bonds is 4. The minimum Gasteiger partial charge on any atom is -0.318 e. The summed E-state index contributed by atoms with van der Waals surface area (Å²) in [4.78, 5) is 25.7. The van der Waals surface area contributed by atoms with Crippen molar-refractivity contribution < 1.29 is 9.59 Å². The summed E-state index contributed by atoms with van der Waals surface area (Å²) in [5.74, 6) is 0.270. The second kappa shape index (κ2) is 4.77. The molecule has 1 rings (SSSR count). The van der Waals surface area contributed by atoms with E-state index in [2.05, 4.69) is 22.9 Å². The van der Waals surface area contributed by atoms with Gasteiger partial charge in [0.25, 0.3) is 0 Å². The molecule has 1 aliphatic heterocycles. The summed E-state index contributed by atoms with van der Waals surface area (Å²) in [5.41, 5.74) is 0. The zero-order valence-corrected chi connectivity index (χ0v) is 10.1. The van der Waals surface area contributed by atoms with Crippen molar-refractivity contribution in [3.63, 3.8) is 0 Å². The zero-order valence-electron chi connectivity index (χ0n) is 8.49. The quantitative estimate of drug-likeness (QED) is 0.566. The fourth-order valence-electron chi connectivity index (χ4n) is 1.39. The fourth-order valence-corrected chi connectivity index (χ4v) is 2.06. The Morgan fingerprint density at radius 1 is 1.50 bits per heavy atom. The van der Waals surface area contributed by atoms with E-state index in [1.807, 2.05) is 0 Å². The molecule has 0 bridgehead atoms. The first-order chi connectivity index (χ1) is 6.60. The van der Waals surface area contributed by atoms with Gasteiger partial charge in [0.2, 0.25) is 5.91 Å². The van der Waals surface area contributed by atoms with Gasteiger partial charge in [-0.05, 0) is 5.92 Å². The number of imide groups is 1. The highest BCUT2D eigenvalue weighted by Gasteiger charge is 2.34. The Morgan fingerprint density at radius 2 is 2.14 bits per heavy atom. The molecule has 0 aliphatic carbocycles. The predicted molar refractivity (Wildman–Crippen MR) is 57.3 cm³/mol. The molecule has 1 aliphatic rings. The minimum atomic E-state index is -0.172. The highest BCUT2D eigenvalue weighted by atomic mass is 79.9. The summed E-state index contributed by atoms with van der Waals surface area (Å²) < 4.78 is 0. The maximum atomic E-state index is 11.5. The van der Waals surface area contributed by atoms with Gasteiger partial charge in [-0.3, -0.25) is 9.69 Å². The van der Waals surface area contributed by atoms with Gasteiger partial charge in [-0.2, -0.15) is 0 Å². The number of hydrogen-bond acceptors (Lipinski definition) is 2. The monoisotopic (exact) mass is 262 g/mol. The van der Waals surface area contributed by atoms with Gasteiger partial charge in [-0.1, -0.05) is 29.3 Å². The van der Waals surface area contributed by atoms with Crippen LogP contribution in [-0.2, 0) is 4.79 Å². The molecule has 1 heterocycles. The second-order valence-corrected chi connectivity index (χ2v) is 4.22. The van der Waals surface area contributed by atoms with Gasteiger partial charge in [0.05, 0.1) is 0 Å². The van der Waals surface area contributed by atoms with Gasteiger partial charge in [0, 0.05) is 18.9 Å². The van der Waals surface area contributed by atoms with Crippen LogP contribution in [0.3, 0.4) is 0 Å². The smallest absolute Gasteiger partial charge is 0.318 e. The van der Waals surface area contributed by atoms with Gasteiger partial charge >= 0.3 is 6.03 Å². The van der Waals surface area contributed by atoms with Gasteiger partial charge in [-0.15, -0.1) is 0 Å². The highest BCUT2D eigenvalue weighted by Crippen LogP contribution is 2.14. The lowest BCUT2D eigenvalue weighted by atomic mass is 10.1. The molecule has 0 aromatic rings. The number of carbonyl (C=O) groups excluding carboxylic acids is 2. The largest absolute Gasteiger partial charge is 0.326 e. The van der Waals surface area contributed by atoms with Crippen molar-refractivity contribution in [1.82, 2.24) is 9.80 Å². The Hall–Kier alpha value is -0.580. The number of carbonyl (C=O) groups is 2. The predicted octanol–water partition coefficient (Wildman–Crippen LogP) is 1.30. The Morgan fingerprint density at radius 3 is 2.50 bits per heavy atom. The van der Waals surface area contributed by atoms with Crippen LogP contribution in [0.2, 0.25) is 0 Å². The number of halogens is 1. The number of hydrogen-bond donors (Lipinski definition) is 0. The van der Waals surface area contributed by atoms with Crippen LogP contribution < -0.4 is 0 Å². The van der Waals surface area contributed by atoms with E-state index in [1.165, 1.54) is 9.80 Å². The van der Waals surface area contributed by atoms with Crippen LogP contribution >= 0.6 is 15.9 Å². The molecule has 4 nitrogen and oxygen atoms in total. The number of alkyl halides is 1. The lowest BCUT2D eigenvalue weighted by molar-refractivity contribution is -0.125. The molecule has 1 atom stereocenters. The van der Waals surface area contributed by atoms with E-state index in [0.29, 0.717) is 12.5 Å². The first kappa shape index (κ1) is 11.5. The normalized spacial score (nSPS) is 19.4. The number of urea groups is 1. The van der Waals surface area contributed by atoms with Crippen LogP contribution in [0.15, 0.2) is 0 Å². The van der Waals surface area contributed by atoms with Crippen molar-refractivity contribution in [3.05, 3.63) is 0 Å². The maximum Gasteiger partial charge on any atom is 0.326 e. The molecule has 0 radical (unpaired) electrons. The third-order valence-corrected chi connectivity index (χ3v) is 3.38. The summed E-state index contributed by atoms with van der Waals surface area (Å²) >= 11 is 3.38. The lowest BCUT2D eigenvalue weighted by Gasteiger charge is -2.19. The van der Waals surface area contributed by atoms with Crippen molar-refractivity contribution in [3.8, 4) is 0 Å². The van der Waals surface area contributed by atoms with Crippen LogP contribution in [0.25, 0.3) is 0 Å². The van der Waals surface area contributed by atoms with Crippen LogP contribution in [0.5, 0.6) is 0 Å². The number of likely N-dealkylation sites (N-methyl/N-ethyl adjacent to an activating group) is 1. The van der Waals surface area contributed by atoms with Crippen LogP contribution in [0.1, 0.15) is 13.3 Å². The van der Waals surface area contributed by atoms with E-state index >= 15 is 0 Å². The number of amides is 3. The molecule has 3 amide bonds. The van der Waals surface area contributed by atoms with Gasteiger partial charge in [0.1, 0.15) is 6.54 Å². The molecule has 1 fully saturated rings. The van der Waals surface area contributed by atoms with Gasteiger partial charge in [-0.25, -0.2) is 4.79 Å². The first-order valence-electron chi connectivity index (χ1n) is 4.71. The second-order valence-electron chi connectivity index (χ2n) is 3.57. The average molecular weight is 263 g/mol. The Labute approximate surface area is 92.4 Å². The van der Waals surface area contributed by atoms with Crippen molar-refractivity contribution in [2.24, 2.45) is 5.92 Å². The average Bonchev–Trinajstić information content (AvgIpc) is 2.40. The van der Waals surface area contributed by atoms with Crippen molar-refractivity contribution in [2.75, 3.05) is 25.5 Å². The van der Waals surface area contributed by atoms with Crippen LogP contribution in [0, 0.1) is 5.92 Å². The molecule has 0 aromatic heterocycles. The van der Waals surface area contributed by atoms with Crippen molar-refractivity contribution in [1.29, 1.82) is 0 Å². The Kier molecular flexibility index (Phi) is 3.92. The molecule has 0 N–H and O–H groups in total. The fraction of sp³-hybridized carbons (Fsp3) is 0.778. The summed E-state index contributed by atoms with van der Waals surface area (Å²) in [6.07, 6.45) is 0.964. The molecular weight excluding hydrogens is 248 g/mol. The van der Waals surface area contributed by atoms with E-state index in [9.17, 15) is 9.59 Å². The topological polar surface area (TPSA) is 40.6 Å². The summed E-state index contributed by atoms with van der Waals surface area (Å²) in [7, 11) is 1.65. The number of nitrogens with zero attached hydrogens (tertiary/aromatic N) is 2. The van der Waals surface area contributed by atoms with Crippen molar-refractivity contribution in [2.45, 2.75) is 13.3 Å². The van der Waals surface area contributed by atoms with E-state index in [0.717, 1.165) is 11.8 Å². The summed E-state index contributed by atoms with van der Waals surface area (Å²) in [5, 5.41) is 0.824. The Bertz CT molecular complexity index is 241. The Balaban J connectivity index is 2.59. The molecule has 0 aromatic carbocycles. The van der Waals surface area contributed by atoms with E-state index in [4.69, 9.17) is 0 Å². The third kappa shape index (κ3) is 2.26. The molecular formula is C9H15BrN2O2. The standard InChI is InChI=1S/C9H15BrN2O2/c1-3-7(4-10)5-12-8(13)6-11(2)9(12)14/h7H,3-6H2,1-2H3. The molecule has 14 heavy (non-hydrogen) atoms. The third-order valence-electron chi connectivity index (χ3n) is 2.47. The SMILES string of the molecule is CCC(CBr)CN1C(=O)CN(C)C1=O. The molecule has 1 saturated heterocycles. The zero-order chi connectivity index (χ0) is 10.7. The van der Waals surface area contributed by atoms with Crippen LogP contribution in [-0.4, -0.2) is 47.2 Å². The molecule has 5 heteroatoms. The molecule has 0 saturated carbocycles. The van der Waals surface area contributed by atoms with E-state index in [1.54, 1.807) is 7.05 Å². The van der Waals surface area contributed by atoms with Crippen molar-refractivity contribution >= 4 is 27.9 Å².